The highest BCUT2D eigenvalue weighted by Gasteiger charge is 2.18. The van der Waals surface area contributed by atoms with Crippen molar-refractivity contribution >= 4 is 29.6 Å². The van der Waals surface area contributed by atoms with Crippen molar-refractivity contribution in [3.05, 3.63) is 64.6 Å². The van der Waals surface area contributed by atoms with Crippen molar-refractivity contribution in [1.82, 2.24) is 19.8 Å². The van der Waals surface area contributed by atoms with Crippen molar-refractivity contribution in [2.45, 2.75) is 6.54 Å². The number of nitrogens with one attached hydrogen (secondary N) is 1. The molecule has 5 rings (SSSR count). The van der Waals surface area contributed by atoms with Gasteiger partial charge in [0.15, 0.2) is 11.6 Å². The van der Waals surface area contributed by atoms with Gasteiger partial charge in [-0.1, -0.05) is 41.9 Å². The third-order valence-electron chi connectivity index (χ3n) is 6.82. The van der Waals surface area contributed by atoms with Gasteiger partial charge in [-0.25, -0.2) is 14.8 Å². The van der Waals surface area contributed by atoms with Crippen LogP contribution in [0.5, 0.6) is 5.75 Å². The minimum absolute atomic E-state index is 0.0785. The lowest BCUT2D eigenvalue weighted by Gasteiger charge is -2.32. The molecule has 0 amide bonds. The zero-order valence-electron chi connectivity index (χ0n) is 21.3. The van der Waals surface area contributed by atoms with Crippen LogP contribution in [0.2, 0.25) is 5.02 Å². The van der Waals surface area contributed by atoms with Gasteiger partial charge in [-0.15, -0.1) is 0 Å². The number of halogens is 2. The zero-order valence-corrected chi connectivity index (χ0v) is 22.0. The Kier molecular flexibility index (Phi) is 8.33. The number of benzene rings is 2. The highest BCUT2D eigenvalue weighted by atomic mass is 35.5. The van der Waals surface area contributed by atoms with E-state index in [1.165, 1.54) is 11.8 Å². The largest absolute Gasteiger partial charge is 0.506 e. The van der Waals surface area contributed by atoms with Gasteiger partial charge in [-0.05, 0) is 24.2 Å². The minimum atomic E-state index is -0.506. The number of phenols is 1. The molecule has 2 aliphatic heterocycles. The van der Waals surface area contributed by atoms with Gasteiger partial charge in [0.2, 0.25) is 5.95 Å². The van der Waals surface area contributed by atoms with Crippen molar-refractivity contribution in [1.29, 1.82) is 0 Å². The van der Waals surface area contributed by atoms with E-state index in [4.69, 9.17) is 16.3 Å². The summed E-state index contributed by atoms with van der Waals surface area (Å²) in [6.07, 6.45) is 2.53. The highest BCUT2D eigenvalue weighted by Crippen LogP contribution is 2.36. The standard InChI is InChI=1S/C27H31ClFN7O2/c1-34-8-10-35(11-9-34)18-19-2-4-20(5-3-19)22-7-6-21(25(37)24(22)28)16-31-33-27-30-17-23(29)26(32-27)36-12-14-38-15-13-36/h2-7,16-17,37H,8-15,18H2,1H3,(H,30,32,33)/b31-16+. The van der Waals surface area contributed by atoms with E-state index >= 15 is 0 Å². The summed E-state index contributed by atoms with van der Waals surface area (Å²) in [5.74, 6) is -0.243. The van der Waals surface area contributed by atoms with E-state index in [0.717, 1.165) is 50.0 Å². The third kappa shape index (κ3) is 6.21. The summed E-state index contributed by atoms with van der Waals surface area (Å²) < 4.78 is 19.5. The summed E-state index contributed by atoms with van der Waals surface area (Å²) in [5, 5.41) is 15.1. The summed E-state index contributed by atoms with van der Waals surface area (Å²) in [4.78, 5) is 14.8. The molecule has 3 aromatic rings. The molecule has 0 atom stereocenters. The Hall–Kier alpha value is -3.31. The van der Waals surface area contributed by atoms with Crippen LogP contribution in [-0.4, -0.2) is 90.6 Å². The van der Waals surface area contributed by atoms with Crippen LogP contribution in [0.15, 0.2) is 47.7 Å². The van der Waals surface area contributed by atoms with Crippen LogP contribution < -0.4 is 10.3 Å². The molecule has 0 saturated carbocycles. The number of rotatable bonds is 7. The molecule has 0 spiro atoms. The van der Waals surface area contributed by atoms with E-state index in [9.17, 15) is 9.50 Å². The van der Waals surface area contributed by atoms with Crippen LogP contribution in [0.3, 0.4) is 0 Å². The van der Waals surface area contributed by atoms with E-state index in [2.05, 4.69) is 49.5 Å². The number of aromatic hydroxyl groups is 1. The fraction of sp³-hybridized carbons (Fsp3) is 0.370. The third-order valence-corrected chi connectivity index (χ3v) is 7.20. The number of hydrazone groups is 1. The number of hydrogen-bond donors (Lipinski definition) is 2. The quantitative estimate of drug-likeness (QED) is 0.347. The Labute approximate surface area is 226 Å². The van der Waals surface area contributed by atoms with Crippen LogP contribution in [0.25, 0.3) is 11.1 Å². The zero-order chi connectivity index (χ0) is 26.5. The highest BCUT2D eigenvalue weighted by molar-refractivity contribution is 6.35. The van der Waals surface area contributed by atoms with Crippen LogP contribution in [-0.2, 0) is 11.3 Å². The summed E-state index contributed by atoms with van der Waals surface area (Å²) >= 11 is 6.54. The average Bonchev–Trinajstić information content (AvgIpc) is 2.94. The lowest BCUT2D eigenvalue weighted by molar-refractivity contribution is 0.122. The van der Waals surface area contributed by atoms with E-state index in [1.807, 2.05) is 18.2 Å². The number of ether oxygens (including phenoxy) is 1. The second-order valence-electron chi connectivity index (χ2n) is 9.48. The molecule has 0 aliphatic carbocycles. The molecule has 0 unspecified atom stereocenters. The normalized spacial score (nSPS) is 17.3. The fourth-order valence-corrected chi connectivity index (χ4v) is 4.81. The maximum Gasteiger partial charge on any atom is 0.245 e. The van der Waals surface area contributed by atoms with Crippen LogP contribution >= 0.6 is 11.6 Å². The first kappa shape index (κ1) is 26.3. The first-order chi connectivity index (χ1) is 18.5. The van der Waals surface area contributed by atoms with Crippen LogP contribution in [0.1, 0.15) is 11.1 Å². The van der Waals surface area contributed by atoms with Crippen LogP contribution in [0.4, 0.5) is 16.2 Å². The van der Waals surface area contributed by atoms with E-state index < -0.39 is 5.82 Å². The van der Waals surface area contributed by atoms with Crippen molar-refractivity contribution in [2.75, 3.05) is 69.9 Å². The number of hydrogen-bond acceptors (Lipinski definition) is 9. The molecule has 0 radical (unpaired) electrons. The van der Waals surface area contributed by atoms with Gasteiger partial charge in [0.05, 0.1) is 30.6 Å². The predicted molar refractivity (Wildman–Crippen MR) is 148 cm³/mol. The SMILES string of the molecule is CN1CCN(Cc2ccc(-c3ccc(/C=N/Nc4ncc(F)c(N5CCOCC5)n4)c(O)c3Cl)cc2)CC1. The van der Waals surface area contributed by atoms with Crippen molar-refractivity contribution in [3.8, 4) is 16.9 Å². The summed E-state index contributed by atoms with van der Waals surface area (Å²) in [6, 6.07) is 11.9. The van der Waals surface area contributed by atoms with Gasteiger partial charge >= 0.3 is 0 Å². The van der Waals surface area contributed by atoms with Gasteiger partial charge in [0, 0.05) is 56.9 Å². The molecule has 0 bridgehead atoms. The second kappa shape index (κ2) is 12.0. The maximum atomic E-state index is 14.2. The first-order valence-electron chi connectivity index (χ1n) is 12.6. The number of morpholine rings is 1. The molecular formula is C27H31ClFN7O2. The molecule has 1 aromatic heterocycles. The Morgan fingerprint density at radius 1 is 1.08 bits per heavy atom. The van der Waals surface area contributed by atoms with Gasteiger partial charge < -0.3 is 19.6 Å². The molecule has 2 aromatic carbocycles. The summed E-state index contributed by atoms with van der Waals surface area (Å²) in [5.41, 5.74) is 6.02. The van der Waals surface area contributed by atoms with Crippen molar-refractivity contribution in [2.24, 2.45) is 5.10 Å². The smallest absolute Gasteiger partial charge is 0.245 e. The fourth-order valence-electron chi connectivity index (χ4n) is 4.53. The summed E-state index contributed by atoms with van der Waals surface area (Å²) in [7, 11) is 2.15. The number of phenolic OH excluding ortho intramolecular Hbond substituents is 1. The summed E-state index contributed by atoms with van der Waals surface area (Å²) in [6.45, 7) is 7.36. The monoisotopic (exact) mass is 539 g/mol. The molecule has 2 saturated heterocycles. The van der Waals surface area contributed by atoms with Gasteiger partial charge in [-0.3, -0.25) is 4.90 Å². The van der Waals surface area contributed by atoms with E-state index in [0.29, 0.717) is 31.9 Å². The Balaban J connectivity index is 1.24. The minimum Gasteiger partial charge on any atom is -0.506 e. The number of aromatic nitrogens is 2. The molecule has 200 valence electrons. The molecule has 2 fully saturated rings. The first-order valence-corrected chi connectivity index (χ1v) is 13.0. The van der Waals surface area contributed by atoms with Gasteiger partial charge in [-0.2, -0.15) is 10.1 Å². The lowest BCUT2D eigenvalue weighted by Crippen LogP contribution is -2.43. The van der Waals surface area contributed by atoms with Crippen molar-refractivity contribution in [3.63, 3.8) is 0 Å². The molecule has 2 aliphatic rings. The number of piperazine rings is 1. The van der Waals surface area contributed by atoms with E-state index in [1.54, 1.807) is 11.0 Å². The molecule has 2 N–H and O–H groups in total. The Morgan fingerprint density at radius 2 is 1.82 bits per heavy atom. The van der Waals surface area contributed by atoms with Crippen molar-refractivity contribution < 1.29 is 14.2 Å². The number of likely N-dealkylation sites (N-methyl/N-ethyl adjacent to an activating group) is 1. The maximum absolute atomic E-state index is 14.2. The second-order valence-corrected chi connectivity index (χ2v) is 9.85. The Bertz CT molecular complexity index is 1280. The molecule has 9 nitrogen and oxygen atoms in total. The van der Waals surface area contributed by atoms with Crippen LogP contribution in [0, 0.1) is 5.82 Å². The average molecular weight is 540 g/mol. The van der Waals surface area contributed by atoms with Gasteiger partial charge in [0.25, 0.3) is 0 Å². The lowest BCUT2D eigenvalue weighted by atomic mass is 10.0. The van der Waals surface area contributed by atoms with Gasteiger partial charge in [0.1, 0.15) is 5.75 Å². The molecule has 3 heterocycles. The van der Waals surface area contributed by atoms with E-state index in [-0.39, 0.29) is 22.5 Å². The molecule has 11 heteroatoms. The Morgan fingerprint density at radius 3 is 2.55 bits per heavy atom. The number of nitrogens with zero attached hydrogens (tertiary/aromatic N) is 6. The predicted octanol–water partition coefficient (Wildman–Crippen LogP) is 3.67. The molecule has 38 heavy (non-hydrogen) atoms. The molecular weight excluding hydrogens is 509 g/mol. The topological polar surface area (TPSA) is 89.4 Å². The number of anilines is 2.